The number of aliphatic hydroxyl groups excluding tert-OH is 1. The Hall–Kier alpha value is -7.20. The number of likely N-dealkylation sites (N-methyl/N-ethyl adjacent to an activating group) is 1. The minimum absolute atomic E-state index is 0.0127. The van der Waals surface area contributed by atoms with Crippen LogP contribution in [0.5, 0.6) is 11.5 Å². The minimum atomic E-state index is -1.61. The van der Waals surface area contributed by atoms with Crippen LogP contribution in [0.1, 0.15) is 44.5 Å². The number of nitrogens with one attached hydrogen (secondary N) is 6. The van der Waals surface area contributed by atoms with Gasteiger partial charge in [0.25, 0.3) is 5.56 Å². The van der Waals surface area contributed by atoms with Crippen molar-refractivity contribution in [3.63, 3.8) is 0 Å². The normalized spacial score (nSPS) is 18.2. The average molecular weight is 852 g/mol. The van der Waals surface area contributed by atoms with Gasteiger partial charge < -0.3 is 62.4 Å². The molecule has 22 heteroatoms. The number of aliphatic carboxylic acids is 1. The molecule has 4 rings (SSSR count). The van der Waals surface area contributed by atoms with Crippen molar-refractivity contribution in [2.75, 3.05) is 7.05 Å². The molecule has 22 nitrogen and oxygen atoms in total. The lowest BCUT2D eigenvalue weighted by molar-refractivity contribution is -0.140. The quantitative estimate of drug-likeness (QED) is 0.0699. The molecule has 0 bridgehead atoms. The van der Waals surface area contributed by atoms with E-state index < -0.39 is 95.5 Å². The smallest absolute Gasteiger partial charge is 0.331 e. The molecule has 1 fully saturated rings. The number of rotatable bonds is 17. The Morgan fingerprint density at radius 1 is 0.885 bits per heavy atom. The highest BCUT2D eigenvalue weighted by molar-refractivity contribution is 5.94. The molecule has 1 aliphatic rings. The van der Waals surface area contributed by atoms with E-state index in [-0.39, 0.29) is 36.5 Å². The number of aromatic nitrogens is 2. The Balaban J connectivity index is 1.56. The second kappa shape index (κ2) is 20.7. The Morgan fingerprint density at radius 3 is 2.05 bits per heavy atom. The number of H-pyrrole nitrogens is 1. The molecule has 1 aromatic heterocycles. The number of carbonyl (C=O) groups excluding carboxylic acids is 5. The van der Waals surface area contributed by atoms with Gasteiger partial charge in [-0.3, -0.25) is 33.5 Å². The van der Waals surface area contributed by atoms with Gasteiger partial charge in [-0.2, -0.15) is 0 Å². The van der Waals surface area contributed by atoms with E-state index in [0.717, 1.165) is 27.9 Å². The zero-order valence-corrected chi connectivity index (χ0v) is 33.5. The molecule has 2 heterocycles. The van der Waals surface area contributed by atoms with E-state index in [1.165, 1.54) is 64.2 Å². The van der Waals surface area contributed by atoms with Gasteiger partial charge in [-0.25, -0.2) is 14.4 Å². The van der Waals surface area contributed by atoms with Crippen LogP contribution in [-0.4, -0.2) is 120 Å². The lowest BCUT2D eigenvalue weighted by Gasteiger charge is -2.34. The highest BCUT2D eigenvalue weighted by Crippen LogP contribution is 2.30. The number of urea groups is 1. The van der Waals surface area contributed by atoms with Crippen LogP contribution in [0.3, 0.4) is 0 Å². The van der Waals surface area contributed by atoms with Crippen molar-refractivity contribution in [2.24, 2.45) is 5.73 Å². The average Bonchev–Trinajstić information content (AvgIpc) is 3.56. The number of aliphatic hydroxyl groups is 1. The molecule has 0 aliphatic carbocycles. The number of phenols is 2. The number of amides is 6. The van der Waals surface area contributed by atoms with Crippen molar-refractivity contribution in [1.82, 2.24) is 41.0 Å². The maximum atomic E-state index is 14.1. The van der Waals surface area contributed by atoms with Crippen LogP contribution in [0.4, 0.5) is 4.79 Å². The zero-order valence-electron chi connectivity index (χ0n) is 33.5. The molecule has 0 radical (unpaired) electrons. The third-order valence-electron chi connectivity index (χ3n) is 9.61. The fourth-order valence-corrected chi connectivity index (χ4v) is 6.15. The minimum Gasteiger partial charge on any atom is -0.508 e. The molecule has 0 spiro atoms. The predicted molar refractivity (Wildman–Crippen MR) is 214 cm³/mol. The Kier molecular flexibility index (Phi) is 15.7. The number of nitrogens with zero attached hydrogens (tertiary/aromatic N) is 2. The first-order valence-corrected chi connectivity index (χ1v) is 18.9. The molecule has 12 N–H and O–H groups in total. The summed E-state index contributed by atoms with van der Waals surface area (Å²) < 4.78 is 6.61. The summed E-state index contributed by atoms with van der Waals surface area (Å²) in [7, 11) is 1.31. The Morgan fingerprint density at radius 2 is 1.49 bits per heavy atom. The van der Waals surface area contributed by atoms with Gasteiger partial charge in [-0.15, -0.1) is 0 Å². The van der Waals surface area contributed by atoms with Crippen LogP contribution in [0.25, 0.3) is 0 Å². The zero-order chi connectivity index (χ0) is 45.1. The number of ether oxygens (including phenoxy) is 1. The largest absolute Gasteiger partial charge is 0.508 e. The SMILES string of the molecule is CC(C(NC(=O)[C@H](C)NC(=O)N[C@@H](Cc1cccc(O)c1)C(=O)O)C(=O)N/C=C1/CC(O)C(n2ccc(=O)[nH]c2=O)O1)N(C)C(=O)[C@H](Cc1cccc(O)c1)NC(=O)[C@H](C)N. The summed E-state index contributed by atoms with van der Waals surface area (Å²) in [6.07, 6.45) is -0.914. The monoisotopic (exact) mass is 851 g/mol. The second-order valence-corrected chi connectivity index (χ2v) is 14.4. The van der Waals surface area contributed by atoms with E-state index in [1.807, 2.05) is 4.98 Å². The predicted octanol–water partition coefficient (Wildman–Crippen LogP) is -2.02. The lowest BCUT2D eigenvalue weighted by Crippen LogP contribution is -2.62. The Labute approximate surface area is 347 Å². The van der Waals surface area contributed by atoms with Crippen molar-refractivity contribution >= 4 is 35.6 Å². The molecule has 328 valence electrons. The first-order valence-electron chi connectivity index (χ1n) is 18.9. The summed E-state index contributed by atoms with van der Waals surface area (Å²) in [5, 5.41) is 52.2. The molecule has 1 saturated heterocycles. The van der Waals surface area contributed by atoms with Crippen LogP contribution in [-0.2, 0) is 41.6 Å². The van der Waals surface area contributed by atoms with Crippen molar-refractivity contribution in [3.8, 4) is 11.5 Å². The fourth-order valence-electron chi connectivity index (χ4n) is 6.15. The van der Waals surface area contributed by atoms with Crippen LogP contribution in [0.15, 0.2) is 82.3 Å². The topological polar surface area (TPSA) is 337 Å². The number of carbonyl (C=O) groups is 6. The lowest BCUT2D eigenvalue weighted by atomic mass is 10.0. The van der Waals surface area contributed by atoms with Gasteiger partial charge in [0.05, 0.1) is 12.1 Å². The highest BCUT2D eigenvalue weighted by atomic mass is 16.5. The number of aromatic amines is 1. The molecule has 1 aliphatic heterocycles. The highest BCUT2D eigenvalue weighted by Gasteiger charge is 2.37. The molecule has 2 aromatic carbocycles. The standard InChI is InChI=1S/C39H49N9O13/c1-19(40)32(53)43-27(15-22-7-5-9-24(49)13-22)35(56)47(4)21(3)31(34(55)41-18-26-17-29(51)36(61-26)48-12-11-30(52)45-39(48)60)46-33(54)20(2)42-38(59)44-28(37(57)58)16-23-8-6-10-25(50)14-23/h5-14,18-21,27-29,31,36,49-51H,15-17,40H2,1-4H3,(H,41,55)(H,43,53)(H,46,54)(H,57,58)(H2,42,44,59)(H,45,52,60)/b26-18-/t19-,20-,21?,27-,28-,29?,31?,36?/m0/s1. The summed E-state index contributed by atoms with van der Waals surface area (Å²) in [6, 6.07) is 3.69. The van der Waals surface area contributed by atoms with Gasteiger partial charge >= 0.3 is 17.7 Å². The maximum absolute atomic E-state index is 14.1. The molecule has 0 saturated carbocycles. The summed E-state index contributed by atoms with van der Waals surface area (Å²) in [6.45, 7) is 4.06. The summed E-state index contributed by atoms with van der Waals surface area (Å²) >= 11 is 0. The number of hydrogen-bond acceptors (Lipinski definition) is 13. The summed E-state index contributed by atoms with van der Waals surface area (Å²) in [4.78, 5) is 106. The van der Waals surface area contributed by atoms with Gasteiger partial charge in [0.2, 0.25) is 29.9 Å². The van der Waals surface area contributed by atoms with E-state index in [9.17, 15) is 58.8 Å². The first-order chi connectivity index (χ1) is 28.7. The summed E-state index contributed by atoms with van der Waals surface area (Å²) in [5.74, 6) is -4.94. The van der Waals surface area contributed by atoms with Gasteiger partial charge in [-0.1, -0.05) is 24.3 Å². The number of carboxylic acid groups (broad SMARTS) is 1. The van der Waals surface area contributed by atoms with E-state index >= 15 is 0 Å². The Bertz CT molecular complexity index is 2260. The van der Waals surface area contributed by atoms with Gasteiger partial charge in [0.15, 0.2) is 0 Å². The van der Waals surface area contributed by atoms with E-state index in [2.05, 4.69) is 26.6 Å². The third-order valence-corrected chi connectivity index (χ3v) is 9.61. The van der Waals surface area contributed by atoms with Gasteiger partial charge in [-0.05, 0) is 56.2 Å². The number of hydrogen-bond donors (Lipinski definition) is 11. The van der Waals surface area contributed by atoms with Crippen LogP contribution < -0.4 is 43.6 Å². The molecular formula is C39H49N9O13. The third kappa shape index (κ3) is 12.9. The molecule has 3 aromatic rings. The van der Waals surface area contributed by atoms with Crippen molar-refractivity contribution in [1.29, 1.82) is 0 Å². The number of carboxylic acids is 1. The fraction of sp³-hybridized carbons (Fsp3) is 0.385. The number of phenolic OH excluding ortho intramolecular Hbond substituents is 2. The van der Waals surface area contributed by atoms with Crippen LogP contribution in [0.2, 0.25) is 0 Å². The van der Waals surface area contributed by atoms with Crippen LogP contribution >= 0.6 is 0 Å². The molecule has 6 amide bonds. The molecule has 8 atom stereocenters. The van der Waals surface area contributed by atoms with E-state index in [1.54, 1.807) is 12.1 Å². The molecular weight excluding hydrogens is 802 g/mol. The van der Waals surface area contributed by atoms with Gasteiger partial charge in [0, 0.05) is 44.8 Å². The second-order valence-electron chi connectivity index (χ2n) is 14.4. The maximum Gasteiger partial charge on any atom is 0.331 e. The summed E-state index contributed by atoms with van der Waals surface area (Å²) in [5.41, 5.74) is 5.08. The van der Waals surface area contributed by atoms with Crippen molar-refractivity contribution < 1.29 is 53.9 Å². The molecule has 61 heavy (non-hydrogen) atoms. The van der Waals surface area contributed by atoms with E-state index in [0.29, 0.717) is 11.1 Å². The van der Waals surface area contributed by atoms with Crippen LogP contribution in [0, 0.1) is 0 Å². The first kappa shape index (κ1) is 46.5. The number of benzene rings is 2. The van der Waals surface area contributed by atoms with E-state index in [4.69, 9.17) is 10.5 Å². The van der Waals surface area contributed by atoms with Crippen molar-refractivity contribution in [2.45, 2.75) is 88.6 Å². The number of nitrogens with two attached hydrogens (primary N) is 1. The van der Waals surface area contributed by atoms with Crippen molar-refractivity contribution in [3.05, 3.63) is 105 Å². The number of aromatic hydroxyl groups is 2. The molecule has 4 unspecified atom stereocenters. The van der Waals surface area contributed by atoms with Gasteiger partial charge in [0.1, 0.15) is 47.5 Å².